The minimum absolute atomic E-state index is 0.00764. The van der Waals surface area contributed by atoms with Crippen LogP contribution in [0.15, 0.2) is 58.6 Å². The number of H-pyrrole nitrogens is 1. The molecule has 31 heteroatoms. The first-order valence-electron chi connectivity index (χ1n) is 27.6. The standard InChI is InChI=1S/C57H61N11O19S/c1-23-4-3-5-30-40(23)48(76)43-42(46(30)74)47(75)31-17-57(85,18-34(41(31)49(43)77)87-39-15-32(58)45(73)24(2)86-39)36(21-69)66-67-37(71)12-13-68-38(72)16-35(53(68)80)88-22-26(54(81)82)14-29(70)10-11-33(55(83)84)63-51(78)25-6-8-27(9-7-25)60-19-28-20-61-50-44(62-28)52(79)65-56(59)64-50/h3-9,20,24,26,32-35,39,45,60,69,73,75,77,85H,10-19,21-22,58H2,1-2H3,(H,63,78)(H,67,71)(H,81,82)(H,83,84)(H3,59,61,64,65,79)/b66-36-/t24?,26-,32?,33-,34-,35?,39-,45+,57-/m0/s1. The highest BCUT2D eigenvalue weighted by molar-refractivity contribution is 8.00. The Hall–Kier alpha value is -9.11. The first-order chi connectivity index (χ1) is 41.8. The van der Waals surface area contributed by atoms with Crippen molar-refractivity contribution in [2.75, 3.05) is 30.0 Å². The topological polar surface area (TPSA) is 489 Å². The van der Waals surface area contributed by atoms with Gasteiger partial charge in [0.05, 0.1) is 71.4 Å². The van der Waals surface area contributed by atoms with Crippen molar-refractivity contribution in [1.82, 2.24) is 35.6 Å². The fourth-order valence-electron chi connectivity index (χ4n) is 11.0. The number of nitrogen functional groups attached to an aromatic ring is 1. The number of aromatic hydroxyl groups is 2. The fourth-order valence-corrected chi connectivity index (χ4v) is 12.2. The number of anilines is 2. The Morgan fingerprint density at radius 3 is 2.40 bits per heavy atom. The number of aliphatic hydroxyl groups excluding tert-OH is 2. The lowest BCUT2D eigenvalue weighted by atomic mass is 9.71. The number of fused-ring (bicyclic) bond motifs is 4. The average molecular weight is 1240 g/mol. The van der Waals surface area contributed by atoms with Crippen LogP contribution in [-0.4, -0.2) is 180 Å². The molecule has 2 saturated heterocycles. The Bertz CT molecular complexity index is 3780. The molecule has 9 atom stereocenters. The summed E-state index contributed by atoms with van der Waals surface area (Å²) < 4.78 is 12.1. The van der Waals surface area contributed by atoms with Crippen LogP contribution in [0.25, 0.3) is 11.2 Å². The number of hydrazone groups is 1. The molecule has 15 N–H and O–H groups in total. The van der Waals surface area contributed by atoms with Gasteiger partial charge in [-0.2, -0.15) is 10.1 Å². The van der Waals surface area contributed by atoms with Gasteiger partial charge in [0.25, 0.3) is 11.5 Å². The number of carboxylic acids is 2. The van der Waals surface area contributed by atoms with E-state index in [1.54, 1.807) is 13.0 Å². The van der Waals surface area contributed by atoms with Crippen molar-refractivity contribution in [2.24, 2.45) is 16.8 Å². The SMILES string of the molecule is Cc1cccc2c1C(=O)c1c(O)c3c(c(O)c1C2=O)C[C@@](O)(/C(CO)=N\NC(=O)CCN1C(=O)CC(SC[C@H](CC(=O)CC[C@H](NC(=O)c2ccc(NCc4cnc5nc(N)[nH]c(=O)c5n4)cc2)C(=O)O)C(=O)O)C1=O)C[C@@H]3O[C@H]1CC(N)[C@H](O)C(C)O1. The number of aliphatic hydroxyl groups is 3. The molecule has 0 radical (unpaired) electrons. The molecule has 3 aromatic carbocycles. The van der Waals surface area contributed by atoms with E-state index in [1.165, 1.54) is 49.5 Å². The Morgan fingerprint density at radius 2 is 1.70 bits per heavy atom. The summed E-state index contributed by atoms with van der Waals surface area (Å²) in [4.78, 5) is 146. The molecule has 4 amide bonds. The van der Waals surface area contributed by atoms with Crippen LogP contribution in [0.2, 0.25) is 0 Å². The van der Waals surface area contributed by atoms with Gasteiger partial charge in [-0.1, -0.05) is 18.2 Å². The van der Waals surface area contributed by atoms with Gasteiger partial charge < -0.3 is 67.3 Å². The van der Waals surface area contributed by atoms with Gasteiger partial charge in [-0.3, -0.25) is 53.0 Å². The molecule has 5 aromatic rings. The molecule has 88 heavy (non-hydrogen) atoms. The summed E-state index contributed by atoms with van der Waals surface area (Å²) in [7, 11) is 0. The summed E-state index contributed by atoms with van der Waals surface area (Å²) in [6.45, 7) is 1.73. The molecule has 0 bridgehead atoms. The van der Waals surface area contributed by atoms with Crippen molar-refractivity contribution in [1.29, 1.82) is 0 Å². The molecule has 2 fully saturated rings. The molecule has 4 heterocycles. The number of aromatic nitrogens is 4. The van der Waals surface area contributed by atoms with E-state index in [-0.39, 0.29) is 70.1 Å². The number of nitrogens with zero attached hydrogens (tertiary/aromatic N) is 5. The number of aryl methyl sites for hydroxylation is 1. The predicted octanol–water partition coefficient (Wildman–Crippen LogP) is -0.000780. The second kappa shape index (κ2) is 26.1. The molecule has 464 valence electrons. The summed E-state index contributed by atoms with van der Waals surface area (Å²) in [6, 6.07) is 8.01. The maximum Gasteiger partial charge on any atom is 0.326 e. The largest absolute Gasteiger partial charge is 0.507 e. The lowest BCUT2D eigenvalue weighted by Crippen LogP contribution is -2.53. The number of nitrogens with one attached hydrogen (secondary N) is 4. The quantitative estimate of drug-likeness (QED) is 0.0174. The molecule has 3 unspecified atom stereocenters. The number of carbonyl (C=O) groups is 9. The molecule has 2 aromatic heterocycles. The number of nitrogens with two attached hydrogens (primary N) is 2. The van der Waals surface area contributed by atoms with E-state index in [1.807, 2.05) is 0 Å². The number of Topliss-reactive ketones (excluding diaryl/α,β-unsaturated/α-hetero) is 1. The van der Waals surface area contributed by atoms with Gasteiger partial charge in [0.15, 0.2) is 29.0 Å². The van der Waals surface area contributed by atoms with Gasteiger partial charge in [-0.25, -0.2) is 20.2 Å². The van der Waals surface area contributed by atoms with Crippen LogP contribution in [0.5, 0.6) is 11.5 Å². The van der Waals surface area contributed by atoms with Crippen molar-refractivity contribution in [3.63, 3.8) is 0 Å². The number of rotatable bonds is 23. The minimum atomic E-state index is -2.34. The number of ketones is 3. The Morgan fingerprint density at radius 1 is 0.977 bits per heavy atom. The molecule has 4 aliphatic rings. The number of aliphatic carboxylic acids is 2. The zero-order valence-electron chi connectivity index (χ0n) is 47.1. The van der Waals surface area contributed by atoms with Crippen molar-refractivity contribution in [3.05, 3.63) is 109 Å². The number of carbonyl (C=O) groups excluding carboxylic acids is 7. The van der Waals surface area contributed by atoms with E-state index in [9.17, 15) is 83.7 Å². The number of benzene rings is 3. The fraction of sp³-hybridized carbons (Fsp3) is 0.404. The molecule has 0 spiro atoms. The molecule has 2 aliphatic carbocycles. The highest BCUT2D eigenvalue weighted by atomic mass is 32.2. The number of hydrogen-bond donors (Lipinski definition) is 13. The number of phenolic OH excluding ortho intramolecular Hbond substituents is 2. The first-order valence-corrected chi connectivity index (χ1v) is 28.6. The average Bonchev–Trinajstić information content (AvgIpc) is 0.831. The molecule has 2 aliphatic heterocycles. The van der Waals surface area contributed by atoms with E-state index in [4.69, 9.17) is 20.9 Å². The monoisotopic (exact) mass is 1240 g/mol. The van der Waals surface area contributed by atoms with Crippen LogP contribution >= 0.6 is 11.8 Å². The van der Waals surface area contributed by atoms with Gasteiger partial charge in [-0.05, 0) is 50.1 Å². The van der Waals surface area contributed by atoms with E-state index in [0.29, 0.717) is 16.9 Å². The van der Waals surface area contributed by atoms with Crippen LogP contribution in [0.3, 0.4) is 0 Å². The van der Waals surface area contributed by atoms with Gasteiger partial charge >= 0.3 is 11.9 Å². The zero-order valence-corrected chi connectivity index (χ0v) is 47.9. The lowest BCUT2D eigenvalue weighted by molar-refractivity contribution is -0.245. The number of hydrogen-bond acceptors (Lipinski definition) is 25. The number of carboxylic acid groups (broad SMARTS) is 2. The number of thioether (sulfide) groups is 1. The van der Waals surface area contributed by atoms with Gasteiger partial charge in [0, 0.05) is 96.8 Å². The molecule has 0 saturated carbocycles. The number of aromatic amines is 1. The Balaban J connectivity index is 0.776. The van der Waals surface area contributed by atoms with E-state index >= 15 is 0 Å². The first kappa shape index (κ1) is 63.4. The zero-order chi connectivity index (χ0) is 63.6. The van der Waals surface area contributed by atoms with Crippen LogP contribution < -0.4 is 33.1 Å². The second-order valence-electron chi connectivity index (χ2n) is 21.7. The molecule has 9 rings (SSSR count). The summed E-state index contributed by atoms with van der Waals surface area (Å²) in [5.74, 6) is -11.6. The van der Waals surface area contributed by atoms with Gasteiger partial charge in [0.2, 0.25) is 23.7 Å². The van der Waals surface area contributed by atoms with Crippen molar-refractivity contribution >= 4 is 93.2 Å². The number of likely N-dealkylation sites (tertiary alicyclic amines) is 1. The second-order valence-corrected chi connectivity index (χ2v) is 22.9. The van der Waals surface area contributed by atoms with Gasteiger partial charge in [0.1, 0.15) is 28.9 Å². The van der Waals surface area contributed by atoms with Crippen LogP contribution in [0.4, 0.5) is 11.6 Å². The van der Waals surface area contributed by atoms with Crippen LogP contribution in [-0.2, 0) is 51.2 Å². The van der Waals surface area contributed by atoms with E-state index < -0.39 is 192 Å². The maximum atomic E-state index is 14.1. The molecular weight excluding hydrogens is 1170 g/mol. The Kier molecular flexibility index (Phi) is 18.8. The third-order valence-electron chi connectivity index (χ3n) is 15.7. The van der Waals surface area contributed by atoms with Crippen molar-refractivity contribution < 1.29 is 88.4 Å². The Labute approximate surface area is 502 Å². The normalized spacial score (nSPS) is 22.3. The predicted molar refractivity (Wildman–Crippen MR) is 308 cm³/mol. The smallest absolute Gasteiger partial charge is 0.326 e. The summed E-state index contributed by atoms with van der Waals surface area (Å²) in [5.41, 5.74) is 10.4. The van der Waals surface area contributed by atoms with Gasteiger partial charge in [-0.15, -0.1) is 11.8 Å². The maximum absolute atomic E-state index is 14.1. The van der Waals surface area contributed by atoms with Crippen LogP contribution in [0, 0.1) is 12.8 Å². The summed E-state index contributed by atoms with van der Waals surface area (Å²) >= 11 is 0.790. The number of phenols is 2. The number of imide groups is 1. The van der Waals surface area contributed by atoms with E-state index in [2.05, 4.69) is 41.1 Å². The molecular formula is C57H61N11O19S. The number of ether oxygens (including phenoxy) is 2. The lowest BCUT2D eigenvalue weighted by Gasteiger charge is -2.43. The van der Waals surface area contributed by atoms with Crippen molar-refractivity contribution in [3.8, 4) is 11.5 Å². The third-order valence-corrected chi connectivity index (χ3v) is 17.0. The highest BCUT2D eigenvalue weighted by Gasteiger charge is 2.50. The number of amides is 4. The molecule has 30 nitrogen and oxygen atoms in total. The van der Waals surface area contributed by atoms with E-state index in [0.717, 1.165) is 16.7 Å². The minimum Gasteiger partial charge on any atom is -0.507 e. The highest BCUT2D eigenvalue weighted by Crippen LogP contribution is 2.52. The summed E-state index contributed by atoms with van der Waals surface area (Å²) in [5, 5.41) is 85.5. The third kappa shape index (κ3) is 13.2. The van der Waals surface area contributed by atoms with Crippen LogP contribution in [0.1, 0.15) is 123 Å². The summed E-state index contributed by atoms with van der Waals surface area (Å²) in [6.07, 6.45) is -6.96. The van der Waals surface area contributed by atoms with Crippen molar-refractivity contribution in [2.45, 2.75) is 119 Å².